The molecule has 0 spiro atoms. The van der Waals surface area contributed by atoms with Gasteiger partial charge < -0.3 is 5.32 Å². The van der Waals surface area contributed by atoms with Crippen LogP contribution in [0.3, 0.4) is 0 Å². The Labute approximate surface area is 138 Å². The van der Waals surface area contributed by atoms with Gasteiger partial charge in [-0.15, -0.1) is 0 Å². The fourth-order valence-corrected chi connectivity index (χ4v) is 2.46. The topological polar surface area (TPSA) is 63.1 Å². The first-order valence-corrected chi connectivity index (χ1v) is 8.64. The van der Waals surface area contributed by atoms with Gasteiger partial charge in [0.15, 0.2) is 5.15 Å². The molecule has 22 heavy (non-hydrogen) atoms. The number of nitrogens with one attached hydrogen (secondary N) is 1. The summed E-state index contributed by atoms with van der Waals surface area (Å²) in [5, 5.41) is 7.40. The highest BCUT2D eigenvalue weighted by Crippen LogP contribution is 2.25. The molecule has 0 bridgehead atoms. The second kappa shape index (κ2) is 8.05. The molecule has 0 saturated carbocycles. The van der Waals surface area contributed by atoms with Crippen molar-refractivity contribution < 1.29 is 4.79 Å². The summed E-state index contributed by atoms with van der Waals surface area (Å²) in [6.45, 7) is 3.01. The van der Waals surface area contributed by atoms with Crippen molar-refractivity contribution >= 4 is 35.1 Å². The average Bonchev–Trinajstić information content (AvgIpc) is 2.91. The molecule has 0 aliphatic heterocycles. The molecule has 0 radical (unpaired) electrons. The second-order valence-electron chi connectivity index (χ2n) is 4.43. The van der Waals surface area contributed by atoms with Gasteiger partial charge in [0.1, 0.15) is 5.69 Å². The van der Waals surface area contributed by atoms with Crippen molar-refractivity contribution in [2.45, 2.75) is 6.92 Å². The Hall–Kier alpha value is -1.73. The number of amides is 2. The molecule has 0 unspecified atom stereocenters. The van der Waals surface area contributed by atoms with Crippen LogP contribution in [0, 0.1) is 0 Å². The summed E-state index contributed by atoms with van der Waals surface area (Å²) in [7, 11) is 0. The van der Waals surface area contributed by atoms with E-state index in [0.29, 0.717) is 18.8 Å². The number of carbonyl (C=O) groups is 1. The van der Waals surface area contributed by atoms with Crippen LogP contribution >= 0.6 is 23.4 Å². The van der Waals surface area contributed by atoms with Gasteiger partial charge in [-0.25, -0.2) is 9.48 Å². The van der Waals surface area contributed by atoms with Crippen LogP contribution < -0.4 is 10.2 Å². The van der Waals surface area contributed by atoms with Crippen molar-refractivity contribution in [1.29, 1.82) is 0 Å². The standard InChI is InChI=1S/C14H18ClN5OS/c1-3-19(14(21)17-7-8-22-2)12-10-20(18-13(12)15)11-5-4-6-16-9-11/h4-6,9-10H,3,7-8H2,1-2H3,(H,17,21). The SMILES string of the molecule is CCN(C(=O)NCCSC)c1cn(-c2cccnc2)nc1Cl. The van der Waals surface area contributed by atoms with E-state index in [1.54, 1.807) is 39.9 Å². The summed E-state index contributed by atoms with van der Waals surface area (Å²) in [4.78, 5) is 17.9. The number of pyridine rings is 1. The van der Waals surface area contributed by atoms with Crippen molar-refractivity contribution in [2.24, 2.45) is 0 Å². The van der Waals surface area contributed by atoms with Gasteiger partial charge in [0.05, 0.1) is 18.1 Å². The van der Waals surface area contributed by atoms with E-state index in [1.807, 2.05) is 25.3 Å². The van der Waals surface area contributed by atoms with Crippen molar-refractivity contribution in [1.82, 2.24) is 20.1 Å². The Bertz CT molecular complexity index is 619. The predicted molar refractivity (Wildman–Crippen MR) is 91.2 cm³/mol. The third kappa shape index (κ3) is 3.92. The average molecular weight is 340 g/mol. The summed E-state index contributed by atoms with van der Waals surface area (Å²) < 4.78 is 1.61. The number of halogens is 1. The molecule has 118 valence electrons. The minimum atomic E-state index is -0.177. The minimum absolute atomic E-state index is 0.177. The summed E-state index contributed by atoms with van der Waals surface area (Å²) in [5.41, 5.74) is 1.36. The molecule has 0 aliphatic rings. The number of nitrogens with zero attached hydrogens (tertiary/aromatic N) is 4. The lowest BCUT2D eigenvalue weighted by atomic mass is 10.4. The lowest BCUT2D eigenvalue weighted by molar-refractivity contribution is 0.247. The largest absolute Gasteiger partial charge is 0.337 e. The first-order valence-electron chi connectivity index (χ1n) is 6.87. The van der Waals surface area contributed by atoms with Gasteiger partial charge in [0, 0.05) is 25.0 Å². The molecule has 0 saturated heterocycles. The maximum Gasteiger partial charge on any atom is 0.322 e. The number of urea groups is 1. The van der Waals surface area contributed by atoms with Crippen LogP contribution in [0.25, 0.3) is 5.69 Å². The molecule has 2 aromatic heterocycles. The molecule has 0 fully saturated rings. The van der Waals surface area contributed by atoms with Crippen molar-refractivity contribution in [3.63, 3.8) is 0 Å². The van der Waals surface area contributed by atoms with E-state index in [4.69, 9.17) is 11.6 Å². The number of hydrogen-bond acceptors (Lipinski definition) is 4. The normalized spacial score (nSPS) is 10.5. The second-order valence-corrected chi connectivity index (χ2v) is 5.77. The van der Waals surface area contributed by atoms with Crippen molar-refractivity contribution in [3.8, 4) is 5.69 Å². The van der Waals surface area contributed by atoms with Crippen LogP contribution in [0.15, 0.2) is 30.7 Å². The van der Waals surface area contributed by atoms with E-state index in [9.17, 15) is 4.79 Å². The third-order valence-electron chi connectivity index (χ3n) is 3.00. The molecule has 2 aromatic rings. The monoisotopic (exact) mass is 339 g/mol. The van der Waals surface area contributed by atoms with Gasteiger partial charge in [-0.05, 0) is 25.3 Å². The number of hydrogen-bond donors (Lipinski definition) is 1. The summed E-state index contributed by atoms with van der Waals surface area (Å²) in [5.74, 6) is 0.867. The maximum atomic E-state index is 12.2. The molecule has 6 nitrogen and oxygen atoms in total. The summed E-state index contributed by atoms with van der Waals surface area (Å²) >= 11 is 7.88. The van der Waals surface area contributed by atoms with Crippen LogP contribution in [-0.2, 0) is 0 Å². The highest BCUT2D eigenvalue weighted by atomic mass is 35.5. The Balaban J connectivity index is 2.19. The van der Waals surface area contributed by atoms with Crippen LogP contribution in [0.2, 0.25) is 5.15 Å². The lowest BCUT2D eigenvalue weighted by Crippen LogP contribution is -2.40. The zero-order chi connectivity index (χ0) is 15.9. The molecular weight excluding hydrogens is 322 g/mol. The fourth-order valence-electron chi connectivity index (χ4n) is 1.93. The van der Waals surface area contributed by atoms with E-state index in [-0.39, 0.29) is 11.2 Å². The molecule has 0 aromatic carbocycles. The maximum absolute atomic E-state index is 12.2. The summed E-state index contributed by atoms with van der Waals surface area (Å²) in [6.07, 6.45) is 7.10. The molecular formula is C14H18ClN5OS. The Morgan fingerprint density at radius 1 is 1.55 bits per heavy atom. The Morgan fingerprint density at radius 3 is 3.00 bits per heavy atom. The molecule has 1 N–H and O–H groups in total. The molecule has 8 heteroatoms. The van der Waals surface area contributed by atoms with E-state index in [1.165, 1.54) is 0 Å². The van der Waals surface area contributed by atoms with Crippen LogP contribution in [-0.4, -0.2) is 45.9 Å². The van der Waals surface area contributed by atoms with Crippen LogP contribution in [0.1, 0.15) is 6.92 Å². The van der Waals surface area contributed by atoms with Crippen LogP contribution in [0.5, 0.6) is 0 Å². The van der Waals surface area contributed by atoms with Crippen LogP contribution in [0.4, 0.5) is 10.5 Å². The molecule has 0 aliphatic carbocycles. The number of thioether (sulfide) groups is 1. The van der Waals surface area contributed by atoms with E-state index in [2.05, 4.69) is 15.4 Å². The zero-order valence-electron chi connectivity index (χ0n) is 12.5. The molecule has 2 rings (SSSR count). The first-order chi connectivity index (χ1) is 10.7. The van der Waals surface area contributed by atoms with Gasteiger partial charge in [-0.3, -0.25) is 9.88 Å². The first kappa shape index (κ1) is 16.6. The van der Waals surface area contributed by atoms with E-state index < -0.39 is 0 Å². The fraction of sp³-hybridized carbons (Fsp3) is 0.357. The number of anilines is 1. The zero-order valence-corrected chi connectivity index (χ0v) is 14.1. The van der Waals surface area contributed by atoms with Crippen molar-refractivity contribution in [2.75, 3.05) is 30.0 Å². The molecule has 2 amide bonds. The predicted octanol–water partition coefficient (Wildman–Crippen LogP) is 2.82. The number of rotatable bonds is 6. The summed E-state index contributed by atoms with van der Waals surface area (Å²) in [6, 6.07) is 3.51. The highest BCUT2D eigenvalue weighted by Gasteiger charge is 2.19. The molecule has 2 heterocycles. The van der Waals surface area contributed by atoms with Gasteiger partial charge in [0.25, 0.3) is 0 Å². The van der Waals surface area contributed by atoms with Gasteiger partial charge in [-0.2, -0.15) is 16.9 Å². The van der Waals surface area contributed by atoms with Gasteiger partial charge in [-0.1, -0.05) is 11.6 Å². The van der Waals surface area contributed by atoms with Gasteiger partial charge >= 0.3 is 6.03 Å². The smallest absolute Gasteiger partial charge is 0.322 e. The Kier molecular flexibility index (Phi) is 6.09. The quantitative estimate of drug-likeness (QED) is 0.822. The van der Waals surface area contributed by atoms with E-state index >= 15 is 0 Å². The van der Waals surface area contributed by atoms with Gasteiger partial charge in [0.2, 0.25) is 0 Å². The number of carbonyl (C=O) groups excluding carboxylic acids is 1. The number of aromatic nitrogens is 3. The van der Waals surface area contributed by atoms with E-state index in [0.717, 1.165) is 11.4 Å². The Morgan fingerprint density at radius 2 is 2.36 bits per heavy atom. The highest BCUT2D eigenvalue weighted by molar-refractivity contribution is 7.98. The van der Waals surface area contributed by atoms with Crippen molar-refractivity contribution in [3.05, 3.63) is 35.9 Å². The lowest BCUT2D eigenvalue weighted by Gasteiger charge is -2.19. The third-order valence-corrected chi connectivity index (χ3v) is 3.88. The molecule has 0 atom stereocenters. The minimum Gasteiger partial charge on any atom is -0.337 e.